The SMILES string of the molecule is COC(=O)[C@]1(O)C2=CC=C3OC[C@]4(CCCc5cc(Cl)ccc54)CN(C=C2)CCCC=CCCN(C)C(=O)C31. The monoisotopic (exact) mass is 552 g/mol. The van der Waals surface area contributed by atoms with Gasteiger partial charge >= 0.3 is 5.97 Å². The van der Waals surface area contributed by atoms with Crippen LogP contribution in [0.3, 0.4) is 0 Å². The van der Waals surface area contributed by atoms with Crippen molar-refractivity contribution in [2.75, 3.05) is 40.4 Å². The van der Waals surface area contributed by atoms with Crippen molar-refractivity contribution in [3.05, 3.63) is 82.3 Å². The van der Waals surface area contributed by atoms with E-state index in [1.54, 1.807) is 30.2 Å². The molecule has 1 spiro atoms. The molecule has 0 fully saturated rings. The number of allylic oxidation sites excluding steroid dienone is 3. The molecule has 1 N–H and O–H groups in total. The molecule has 1 unspecified atom stereocenters. The molecule has 208 valence electrons. The van der Waals surface area contributed by atoms with E-state index in [0.717, 1.165) is 38.6 Å². The molecule has 3 aliphatic heterocycles. The van der Waals surface area contributed by atoms with Crippen LogP contribution < -0.4 is 0 Å². The van der Waals surface area contributed by atoms with Gasteiger partial charge in [-0.15, -0.1) is 0 Å². The number of aliphatic hydroxyl groups is 1. The summed E-state index contributed by atoms with van der Waals surface area (Å²) in [6.45, 7) is 2.23. The van der Waals surface area contributed by atoms with Gasteiger partial charge in [-0.05, 0) is 85.7 Å². The Kier molecular flexibility index (Phi) is 7.92. The first-order valence-corrected chi connectivity index (χ1v) is 14.1. The Labute approximate surface area is 235 Å². The van der Waals surface area contributed by atoms with Gasteiger partial charge in [-0.25, -0.2) is 4.79 Å². The number of methoxy groups -OCH3 is 1. The molecule has 5 aliphatic rings. The standard InChI is InChI=1S/C31H37ClN2O5/c1-33-16-6-4-3-5-7-17-34-18-14-23-10-13-26(27(28(33)35)31(23,37)29(36)38-2)39-21-30(20-34)15-8-9-22-19-24(32)11-12-25(22)30/h3-4,10-14,18-19,27,37H,5-9,15-17,20-21H2,1-2H3/t27?,30-,31-/m0/s1. The average Bonchev–Trinajstić information content (AvgIpc) is 2.97. The second-order valence-corrected chi connectivity index (χ2v) is 11.5. The van der Waals surface area contributed by atoms with Gasteiger partial charge in [0.15, 0.2) is 0 Å². The van der Waals surface area contributed by atoms with E-state index in [1.165, 1.54) is 18.2 Å². The van der Waals surface area contributed by atoms with Gasteiger partial charge in [0.05, 0.1) is 13.7 Å². The van der Waals surface area contributed by atoms with E-state index in [1.807, 2.05) is 18.3 Å². The normalized spacial score (nSPS) is 29.3. The van der Waals surface area contributed by atoms with Crippen LogP contribution in [0.1, 0.15) is 43.2 Å². The molecule has 0 saturated heterocycles. The third kappa shape index (κ3) is 5.14. The van der Waals surface area contributed by atoms with Gasteiger partial charge in [0.25, 0.3) is 0 Å². The highest BCUT2D eigenvalue weighted by Crippen LogP contribution is 2.44. The summed E-state index contributed by atoms with van der Waals surface area (Å²) in [7, 11) is 2.92. The van der Waals surface area contributed by atoms with Crippen LogP contribution in [0, 0.1) is 5.92 Å². The van der Waals surface area contributed by atoms with Crippen LogP contribution in [-0.2, 0) is 30.9 Å². The second kappa shape index (κ2) is 11.2. The summed E-state index contributed by atoms with van der Waals surface area (Å²) in [5, 5.41) is 12.8. The minimum atomic E-state index is -2.22. The number of nitrogens with zero attached hydrogens (tertiary/aromatic N) is 2. The molecule has 4 bridgehead atoms. The molecule has 0 saturated carbocycles. The summed E-state index contributed by atoms with van der Waals surface area (Å²) in [5.41, 5.74) is 0.126. The molecule has 39 heavy (non-hydrogen) atoms. The maximum Gasteiger partial charge on any atom is 0.343 e. The molecule has 7 nitrogen and oxygen atoms in total. The zero-order chi connectivity index (χ0) is 27.6. The lowest BCUT2D eigenvalue weighted by atomic mass is 9.70. The zero-order valence-corrected chi connectivity index (χ0v) is 23.5. The van der Waals surface area contributed by atoms with Crippen LogP contribution in [0.2, 0.25) is 5.02 Å². The highest BCUT2D eigenvalue weighted by Gasteiger charge is 2.56. The van der Waals surface area contributed by atoms with Crippen LogP contribution in [0.4, 0.5) is 0 Å². The quantitative estimate of drug-likeness (QED) is 0.413. The Balaban J connectivity index is 1.67. The number of carbonyl (C=O) groups excluding carboxylic acids is 2. The maximum absolute atomic E-state index is 14.0. The second-order valence-electron chi connectivity index (χ2n) is 11.1. The molecule has 1 aromatic rings. The maximum atomic E-state index is 14.0. The fourth-order valence-electron chi connectivity index (χ4n) is 6.42. The van der Waals surface area contributed by atoms with Gasteiger partial charge < -0.3 is 24.4 Å². The summed E-state index contributed by atoms with van der Waals surface area (Å²) in [4.78, 5) is 31.0. The summed E-state index contributed by atoms with van der Waals surface area (Å²) in [5.74, 6) is -2.28. The smallest absolute Gasteiger partial charge is 0.343 e. The number of hydrogen-bond donors (Lipinski definition) is 1. The number of aryl methyl sites for hydroxylation is 1. The van der Waals surface area contributed by atoms with Crippen LogP contribution in [0.15, 0.2) is 66.1 Å². The first-order valence-electron chi connectivity index (χ1n) is 13.8. The number of benzene rings is 1. The molecule has 8 heteroatoms. The van der Waals surface area contributed by atoms with Crippen molar-refractivity contribution in [2.24, 2.45) is 5.92 Å². The molecule has 0 radical (unpaired) electrons. The average molecular weight is 553 g/mol. The van der Waals surface area contributed by atoms with Crippen LogP contribution in [0.25, 0.3) is 0 Å². The van der Waals surface area contributed by atoms with Gasteiger partial charge in [0.2, 0.25) is 11.5 Å². The van der Waals surface area contributed by atoms with Crippen molar-refractivity contribution in [1.82, 2.24) is 9.80 Å². The number of fused-ring (bicyclic) bond motifs is 3. The fourth-order valence-corrected chi connectivity index (χ4v) is 6.62. The molecular formula is C31H37ClN2O5. The topological polar surface area (TPSA) is 79.3 Å². The number of hydrogen-bond acceptors (Lipinski definition) is 6. The van der Waals surface area contributed by atoms with E-state index in [9.17, 15) is 14.7 Å². The summed E-state index contributed by atoms with van der Waals surface area (Å²) < 4.78 is 11.6. The number of carbonyl (C=O) groups is 2. The first-order chi connectivity index (χ1) is 18.8. The molecule has 3 atom stereocenters. The predicted molar refractivity (Wildman–Crippen MR) is 150 cm³/mol. The van der Waals surface area contributed by atoms with Gasteiger partial charge in [0, 0.05) is 37.1 Å². The zero-order valence-electron chi connectivity index (χ0n) is 22.7. The first kappa shape index (κ1) is 27.5. The molecule has 2 aliphatic carbocycles. The Morgan fingerprint density at radius 1 is 1.18 bits per heavy atom. The Bertz CT molecular complexity index is 1250. The predicted octanol–water partition coefficient (Wildman–Crippen LogP) is 4.30. The molecule has 3 heterocycles. The van der Waals surface area contributed by atoms with E-state index >= 15 is 0 Å². The van der Waals surface area contributed by atoms with Gasteiger partial charge in [0.1, 0.15) is 11.7 Å². The van der Waals surface area contributed by atoms with Crippen molar-refractivity contribution in [3.8, 4) is 0 Å². The third-order valence-electron chi connectivity index (χ3n) is 8.53. The van der Waals surface area contributed by atoms with Crippen molar-refractivity contribution in [3.63, 3.8) is 0 Å². The lowest BCUT2D eigenvalue weighted by molar-refractivity contribution is -0.169. The van der Waals surface area contributed by atoms with E-state index < -0.39 is 23.4 Å². The third-order valence-corrected chi connectivity index (χ3v) is 8.76. The van der Waals surface area contributed by atoms with E-state index in [0.29, 0.717) is 36.7 Å². The highest BCUT2D eigenvalue weighted by atomic mass is 35.5. The van der Waals surface area contributed by atoms with Crippen molar-refractivity contribution < 1.29 is 24.2 Å². The lowest BCUT2D eigenvalue weighted by Gasteiger charge is -2.43. The van der Waals surface area contributed by atoms with Crippen LogP contribution >= 0.6 is 11.6 Å². The van der Waals surface area contributed by atoms with Crippen LogP contribution in [0.5, 0.6) is 0 Å². The van der Waals surface area contributed by atoms with Gasteiger partial charge in [-0.2, -0.15) is 0 Å². The number of rotatable bonds is 1. The Morgan fingerprint density at radius 3 is 2.82 bits per heavy atom. The van der Waals surface area contributed by atoms with Crippen LogP contribution in [-0.4, -0.2) is 72.8 Å². The van der Waals surface area contributed by atoms with E-state index in [-0.39, 0.29) is 11.2 Å². The number of ether oxygens (including phenoxy) is 2. The molecule has 1 amide bonds. The summed E-state index contributed by atoms with van der Waals surface area (Å²) in [6, 6.07) is 6.09. The highest BCUT2D eigenvalue weighted by molar-refractivity contribution is 6.30. The van der Waals surface area contributed by atoms with E-state index in [2.05, 4.69) is 23.1 Å². The molecule has 6 rings (SSSR count). The Hall–Kier alpha value is -3.03. The van der Waals surface area contributed by atoms with Gasteiger partial charge in [-0.1, -0.05) is 35.9 Å². The number of amides is 1. The minimum Gasteiger partial charge on any atom is -0.496 e. The largest absolute Gasteiger partial charge is 0.496 e. The lowest BCUT2D eigenvalue weighted by Crippen LogP contribution is -2.56. The molecular weight excluding hydrogens is 516 g/mol. The van der Waals surface area contributed by atoms with Crippen molar-refractivity contribution in [2.45, 2.75) is 49.5 Å². The summed E-state index contributed by atoms with van der Waals surface area (Å²) >= 11 is 6.38. The number of esters is 1. The van der Waals surface area contributed by atoms with Gasteiger partial charge in [-0.3, -0.25) is 4.79 Å². The van der Waals surface area contributed by atoms with Crippen molar-refractivity contribution in [1.29, 1.82) is 0 Å². The minimum absolute atomic E-state index is 0.272. The summed E-state index contributed by atoms with van der Waals surface area (Å²) in [6.07, 6.45) is 16.7. The van der Waals surface area contributed by atoms with E-state index in [4.69, 9.17) is 21.1 Å². The Morgan fingerprint density at radius 2 is 2.00 bits per heavy atom. The van der Waals surface area contributed by atoms with Crippen molar-refractivity contribution >= 4 is 23.5 Å². The molecule has 1 aromatic carbocycles. The number of halogens is 1. The molecule has 0 aromatic heterocycles. The fraction of sp³-hybridized carbons (Fsp3) is 0.484.